The number of halogens is 4. The summed E-state index contributed by atoms with van der Waals surface area (Å²) < 4.78 is 83.3. The van der Waals surface area contributed by atoms with E-state index in [2.05, 4.69) is 9.89 Å². The van der Waals surface area contributed by atoms with Crippen LogP contribution in [0.25, 0.3) is 0 Å². The number of ether oxygens (including phenoxy) is 1. The van der Waals surface area contributed by atoms with Crippen LogP contribution in [-0.4, -0.2) is 38.1 Å². The third-order valence-electron chi connectivity index (χ3n) is 5.60. The van der Waals surface area contributed by atoms with Crippen molar-refractivity contribution >= 4 is 15.7 Å². The number of benzene rings is 3. The summed E-state index contributed by atoms with van der Waals surface area (Å²) >= 11 is 0. The van der Waals surface area contributed by atoms with Gasteiger partial charge in [-0.2, -0.15) is 13.1 Å². The second-order valence-corrected chi connectivity index (χ2v) is 9.94. The number of oxime groups is 1. The van der Waals surface area contributed by atoms with Crippen LogP contribution >= 0.6 is 0 Å². The van der Waals surface area contributed by atoms with Gasteiger partial charge in [-0.3, -0.25) is 0 Å². The van der Waals surface area contributed by atoms with Crippen LogP contribution in [0.1, 0.15) is 30.1 Å². The number of rotatable bonds is 8. The maximum absolute atomic E-state index is 13.4. The van der Waals surface area contributed by atoms with Crippen LogP contribution in [0, 0.1) is 11.6 Å². The second-order valence-electron chi connectivity index (χ2n) is 8.00. The molecule has 190 valence electrons. The third-order valence-corrected chi connectivity index (χ3v) is 7.50. The maximum atomic E-state index is 13.4. The average Bonchev–Trinajstić information content (AvgIpc) is 2.86. The average molecular weight is 523 g/mol. The summed E-state index contributed by atoms with van der Waals surface area (Å²) in [6, 6.07) is 16.3. The van der Waals surface area contributed by atoms with Gasteiger partial charge in [0.1, 0.15) is 17.4 Å². The SMILES string of the molecule is O=S(=O)(c1cccc(OC(F)F)c1)N1CCC(=NOC(c2ccc(F)cc2)c2ccc(F)cc2)CC1. The van der Waals surface area contributed by atoms with Crippen molar-refractivity contribution in [1.29, 1.82) is 0 Å². The van der Waals surface area contributed by atoms with Crippen LogP contribution in [0.3, 0.4) is 0 Å². The standard InChI is InChI=1S/C25H22F4N2O4S/c26-19-8-4-17(5-9-19)24(18-6-10-20(27)11-7-18)35-30-21-12-14-31(15-13-21)36(32,33)23-3-1-2-22(16-23)34-25(28)29/h1-11,16,24-25H,12-15H2. The molecule has 36 heavy (non-hydrogen) atoms. The molecule has 0 spiro atoms. The molecule has 6 nitrogen and oxygen atoms in total. The normalized spacial score (nSPS) is 14.8. The van der Waals surface area contributed by atoms with Gasteiger partial charge in [-0.15, -0.1) is 0 Å². The van der Waals surface area contributed by atoms with Gasteiger partial charge in [0, 0.05) is 32.0 Å². The first-order valence-corrected chi connectivity index (χ1v) is 12.4. The lowest BCUT2D eigenvalue weighted by molar-refractivity contribution is -0.0500. The van der Waals surface area contributed by atoms with Crippen molar-refractivity contribution in [1.82, 2.24) is 4.31 Å². The Balaban J connectivity index is 1.46. The predicted octanol–water partition coefficient (Wildman–Crippen LogP) is 5.51. The van der Waals surface area contributed by atoms with E-state index < -0.39 is 34.4 Å². The summed E-state index contributed by atoms with van der Waals surface area (Å²) in [5.41, 5.74) is 1.84. The molecule has 0 amide bonds. The predicted molar refractivity (Wildman–Crippen MR) is 124 cm³/mol. The summed E-state index contributed by atoms with van der Waals surface area (Å²) in [5.74, 6) is -1.07. The molecule has 1 saturated heterocycles. The van der Waals surface area contributed by atoms with Crippen LogP contribution in [0.4, 0.5) is 17.6 Å². The van der Waals surface area contributed by atoms with Gasteiger partial charge in [0.05, 0.1) is 10.6 Å². The van der Waals surface area contributed by atoms with Gasteiger partial charge in [0.2, 0.25) is 10.0 Å². The first-order chi connectivity index (χ1) is 17.2. The minimum Gasteiger partial charge on any atom is -0.435 e. The topological polar surface area (TPSA) is 68.2 Å². The van der Waals surface area contributed by atoms with Crippen molar-refractivity contribution < 1.29 is 35.6 Å². The minimum atomic E-state index is -3.93. The number of sulfonamides is 1. The molecule has 3 aromatic carbocycles. The summed E-state index contributed by atoms with van der Waals surface area (Å²) in [7, 11) is -3.93. The lowest BCUT2D eigenvalue weighted by atomic mass is 10.0. The highest BCUT2D eigenvalue weighted by atomic mass is 32.2. The largest absolute Gasteiger partial charge is 0.435 e. The lowest BCUT2D eigenvalue weighted by Crippen LogP contribution is -2.38. The molecule has 1 aliphatic heterocycles. The molecule has 0 bridgehead atoms. The van der Waals surface area contributed by atoms with Gasteiger partial charge in [-0.05, 0) is 47.5 Å². The van der Waals surface area contributed by atoms with E-state index in [0.717, 1.165) is 6.07 Å². The van der Waals surface area contributed by atoms with Crippen molar-refractivity contribution in [2.24, 2.45) is 5.16 Å². The van der Waals surface area contributed by atoms with E-state index in [1.807, 2.05) is 0 Å². The molecule has 0 aromatic heterocycles. The van der Waals surface area contributed by atoms with E-state index >= 15 is 0 Å². The van der Waals surface area contributed by atoms with Crippen LogP contribution in [0.2, 0.25) is 0 Å². The van der Waals surface area contributed by atoms with E-state index in [4.69, 9.17) is 4.84 Å². The minimum absolute atomic E-state index is 0.113. The second kappa shape index (κ2) is 11.1. The zero-order valence-corrected chi connectivity index (χ0v) is 19.7. The fourth-order valence-electron chi connectivity index (χ4n) is 3.75. The Hall–Kier alpha value is -3.44. The fourth-order valence-corrected chi connectivity index (χ4v) is 5.23. The molecule has 0 N–H and O–H groups in total. The zero-order chi connectivity index (χ0) is 25.7. The molecular weight excluding hydrogens is 500 g/mol. The maximum Gasteiger partial charge on any atom is 0.387 e. The molecule has 0 aliphatic carbocycles. The number of nitrogens with zero attached hydrogens (tertiary/aromatic N) is 2. The van der Waals surface area contributed by atoms with Gasteiger partial charge < -0.3 is 9.57 Å². The zero-order valence-electron chi connectivity index (χ0n) is 18.9. The van der Waals surface area contributed by atoms with E-state index in [0.29, 0.717) is 16.8 Å². The first kappa shape index (κ1) is 25.6. The molecule has 4 rings (SSSR count). The summed E-state index contributed by atoms with van der Waals surface area (Å²) in [4.78, 5) is 5.63. The Bertz CT molecular complexity index is 1260. The van der Waals surface area contributed by atoms with Gasteiger partial charge >= 0.3 is 6.61 Å². The van der Waals surface area contributed by atoms with E-state index in [-0.39, 0.29) is 36.6 Å². The van der Waals surface area contributed by atoms with Gasteiger partial charge in [-0.1, -0.05) is 35.5 Å². The van der Waals surface area contributed by atoms with Crippen LogP contribution in [0.15, 0.2) is 82.8 Å². The lowest BCUT2D eigenvalue weighted by Gasteiger charge is -2.27. The molecule has 0 saturated carbocycles. The van der Waals surface area contributed by atoms with Crippen molar-refractivity contribution in [3.05, 3.63) is 95.6 Å². The van der Waals surface area contributed by atoms with Crippen molar-refractivity contribution in [2.75, 3.05) is 13.1 Å². The third kappa shape index (κ3) is 6.21. The molecule has 1 heterocycles. The Labute approximate surface area is 205 Å². The first-order valence-electron chi connectivity index (χ1n) is 11.0. The molecule has 0 radical (unpaired) electrons. The van der Waals surface area contributed by atoms with Crippen molar-refractivity contribution in [2.45, 2.75) is 30.5 Å². The molecule has 3 aromatic rings. The number of hydrogen-bond donors (Lipinski definition) is 0. The number of hydrogen-bond acceptors (Lipinski definition) is 5. The monoisotopic (exact) mass is 522 g/mol. The number of piperidine rings is 1. The Morgan fingerprint density at radius 3 is 1.92 bits per heavy atom. The highest BCUT2D eigenvalue weighted by molar-refractivity contribution is 7.89. The molecular formula is C25H22F4N2O4S. The molecule has 1 aliphatic rings. The Kier molecular flexibility index (Phi) is 7.90. The molecule has 11 heteroatoms. The van der Waals surface area contributed by atoms with Gasteiger partial charge in [-0.25, -0.2) is 17.2 Å². The molecule has 0 atom stereocenters. The highest BCUT2D eigenvalue weighted by Gasteiger charge is 2.29. The van der Waals surface area contributed by atoms with E-state index in [9.17, 15) is 26.0 Å². The van der Waals surface area contributed by atoms with Gasteiger partial charge in [0.15, 0.2) is 6.10 Å². The van der Waals surface area contributed by atoms with Crippen LogP contribution in [0.5, 0.6) is 5.75 Å². The smallest absolute Gasteiger partial charge is 0.387 e. The van der Waals surface area contributed by atoms with Crippen molar-refractivity contribution in [3.63, 3.8) is 0 Å². The highest BCUT2D eigenvalue weighted by Crippen LogP contribution is 2.28. The summed E-state index contributed by atoms with van der Waals surface area (Å²) in [6.07, 6.45) is -0.157. The summed E-state index contributed by atoms with van der Waals surface area (Å²) in [5, 5.41) is 4.22. The molecule has 0 unspecified atom stereocenters. The van der Waals surface area contributed by atoms with E-state index in [1.165, 1.54) is 46.8 Å². The summed E-state index contributed by atoms with van der Waals surface area (Å²) in [6.45, 7) is -2.84. The molecule has 1 fully saturated rings. The van der Waals surface area contributed by atoms with Gasteiger partial charge in [0.25, 0.3) is 0 Å². The Morgan fingerprint density at radius 1 is 0.833 bits per heavy atom. The van der Waals surface area contributed by atoms with Crippen LogP contribution < -0.4 is 4.74 Å². The van der Waals surface area contributed by atoms with E-state index in [1.54, 1.807) is 24.3 Å². The van der Waals surface area contributed by atoms with Crippen molar-refractivity contribution in [3.8, 4) is 5.75 Å². The van der Waals surface area contributed by atoms with Crippen LogP contribution in [-0.2, 0) is 14.9 Å². The fraction of sp³-hybridized carbons (Fsp3) is 0.240. The quantitative estimate of drug-likeness (QED) is 0.289. The number of alkyl halides is 2. The Morgan fingerprint density at radius 2 is 1.39 bits per heavy atom.